The Balaban J connectivity index is 1.42. The lowest BCUT2D eigenvalue weighted by atomic mass is 10.0. The number of anilines is 1. The van der Waals surface area contributed by atoms with E-state index in [0.717, 1.165) is 20.7 Å². The molecule has 1 aliphatic rings. The van der Waals surface area contributed by atoms with Gasteiger partial charge in [-0.05, 0) is 49.8 Å². The number of hydrogen-bond donors (Lipinski definition) is 2. The summed E-state index contributed by atoms with van der Waals surface area (Å²) in [4.78, 5) is 41.8. The van der Waals surface area contributed by atoms with E-state index in [9.17, 15) is 27.6 Å². The molecule has 0 spiro atoms. The van der Waals surface area contributed by atoms with Crippen LogP contribution in [0.1, 0.15) is 31.2 Å². The van der Waals surface area contributed by atoms with Crippen LogP contribution in [0.2, 0.25) is 0 Å². The lowest BCUT2D eigenvalue weighted by Crippen LogP contribution is -2.53. The zero-order chi connectivity index (χ0) is 30.1. The zero-order valence-corrected chi connectivity index (χ0v) is 24.5. The van der Waals surface area contributed by atoms with Crippen molar-refractivity contribution in [2.24, 2.45) is 0 Å². The molecule has 1 saturated heterocycles. The van der Waals surface area contributed by atoms with E-state index in [4.69, 9.17) is 0 Å². The maximum absolute atomic E-state index is 13.2. The number of carbonyl (C=O) groups is 3. The number of aryl methyl sites for hydroxylation is 1. The summed E-state index contributed by atoms with van der Waals surface area (Å²) >= 11 is 4.58. The highest BCUT2D eigenvalue weighted by Gasteiger charge is 2.44. The molecule has 1 aliphatic heterocycles. The molecule has 2 atom stereocenters. The van der Waals surface area contributed by atoms with Gasteiger partial charge in [0.2, 0.25) is 16.9 Å². The lowest BCUT2D eigenvalue weighted by Gasteiger charge is -2.33. The van der Waals surface area contributed by atoms with E-state index in [0.29, 0.717) is 30.7 Å². The van der Waals surface area contributed by atoms with Gasteiger partial charge in [-0.1, -0.05) is 75.8 Å². The molecule has 9 nitrogen and oxygen atoms in total. The second-order valence-corrected chi connectivity index (χ2v) is 11.3. The Morgan fingerprint density at radius 2 is 1.83 bits per heavy atom. The molecule has 42 heavy (non-hydrogen) atoms. The summed E-state index contributed by atoms with van der Waals surface area (Å²) in [5.74, 6) is -3.47. The monoisotopic (exact) mass is 665 g/mol. The Hall–Kier alpha value is -3.62. The number of benzene rings is 2. The molecule has 0 aliphatic carbocycles. The fourth-order valence-electron chi connectivity index (χ4n) is 4.23. The number of aromatic nitrogens is 2. The summed E-state index contributed by atoms with van der Waals surface area (Å²) in [6.45, 7) is -0.00305. The van der Waals surface area contributed by atoms with E-state index in [2.05, 4.69) is 41.6 Å². The summed E-state index contributed by atoms with van der Waals surface area (Å²) in [5.41, 5.74) is 1.84. The number of carbonyl (C=O) groups excluding carboxylic acids is 3. The first-order chi connectivity index (χ1) is 20.1. The van der Waals surface area contributed by atoms with Gasteiger partial charge in [0, 0.05) is 28.7 Å². The van der Waals surface area contributed by atoms with Crippen molar-refractivity contribution in [2.75, 3.05) is 11.9 Å². The minimum atomic E-state index is -5.18. The van der Waals surface area contributed by atoms with Crippen molar-refractivity contribution >= 4 is 50.2 Å². The third-order valence-electron chi connectivity index (χ3n) is 6.33. The van der Waals surface area contributed by atoms with Crippen LogP contribution in [0.4, 0.5) is 18.3 Å². The number of hydrogen-bond acceptors (Lipinski definition) is 8. The van der Waals surface area contributed by atoms with Gasteiger partial charge < -0.3 is 10.2 Å². The van der Waals surface area contributed by atoms with Crippen molar-refractivity contribution in [1.29, 1.82) is 0 Å². The Morgan fingerprint density at radius 1 is 1.10 bits per heavy atom. The predicted molar refractivity (Wildman–Crippen MR) is 154 cm³/mol. The van der Waals surface area contributed by atoms with Crippen LogP contribution in [0.3, 0.4) is 0 Å². The summed E-state index contributed by atoms with van der Waals surface area (Å²) in [5, 5.41) is 15.3. The fourth-order valence-corrected chi connectivity index (χ4v) is 5.25. The molecule has 0 bridgehead atoms. The van der Waals surface area contributed by atoms with Gasteiger partial charge in [0.25, 0.3) is 0 Å². The van der Waals surface area contributed by atoms with Crippen molar-refractivity contribution in [3.8, 4) is 10.6 Å². The Labute approximate surface area is 252 Å². The van der Waals surface area contributed by atoms with Gasteiger partial charge in [0.15, 0.2) is 0 Å². The zero-order valence-electron chi connectivity index (χ0n) is 22.1. The first-order valence-corrected chi connectivity index (χ1v) is 14.7. The molecule has 0 radical (unpaired) electrons. The van der Waals surface area contributed by atoms with Gasteiger partial charge in [-0.2, -0.15) is 13.2 Å². The van der Waals surface area contributed by atoms with Gasteiger partial charge >= 0.3 is 12.1 Å². The van der Waals surface area contributed by atoms with Crippen molar-refractivity contribution < 1.29 is 32.4 Å². The van der Waals surface area contributed by atoms with Crippen molar-refractivity contribution in [3.63, 3.8) is 0 Å². The summed E-state index contributed by atoms with van der Waals surface area (Å²) in [6.07, 6.45) is -0.177. The van der Waals surface area contributed by atoms with Gasteiger partial charge in [-0.25, -0.2) is 4.79 Å². The van der Waals surface area contributed by atoms with Crippen LogP contribution < -0.4 is 10.6 Å². The molecule has 1 aromatic heterocycles. The van der Waals surface area contributed by atoms with E-state index in [1.807, 2.05) is 54.6 Å². The average Bonchev–Trinajstić information content (AvgIpc) is 3.43. The molecule has 4 rings (SSSR count). The molecule has 3 aromatic rings. The Kier molecular flexibility index (Phi) is 10.8. The van der Waals surface area contributed by atoms with Crippen molar-refractivity contribution in [3.05, 3.63) is 76.8 Å². The van der Waals surface area contributed by atoms with Crippen LogP contribution in [0.5, 0.6) is 0 Å². The molecule has 14 heteroatoms. The number of halogens is 4. The fraction of sp³-hybridized carbons (Fsp3) is 0.321. The van der Waals surface area contributed by atoms with Crippen molar-refractivity contribution in [2.45, 2.75) is 50.4 Å². The third-order valence-corrected chi connectivity index (χ3v) is 7.75. The SMILES string of the molecule is O=C(/C=C/[C@H](CCc1ccccc1)NC(=O)[C@@H]1CCCCN1OC(=O)C(F)(F)F)Nc1nnc(-c2ccc(Br)cc2)s1. The van der Waals surface area contributed by atoms with Gasteiger partial charge in [0.1, 0.15) is 11.0 Å². The van der Waals surface area contributed by atoms with Gasteiger partial charge in [0.05, 0.1) is 0 Å². The highest BCUT2D eigenvalue weighted by atomic mass is 79.9. The first kappa shape index (κ1) is 31.3. The second kappa shape index (κ2) is 14.5. The quantitative estimate of drug-likeness (QED) is 0.277. The molecule has 222 valence electrons. The Morgan fingerprint density at radius 3 is 2.55 bits per heavy atom. The molecule has 2 aromatic carbocycles. The van der Waals surface area contributed by atoms with Crippen LogP contribution in [0.15, 0.2) is 71.2 Å². The average molecular weight is 667 g/mol. The second-order valence-electron chi connectivity index (χ2n) is 9.44. The minimum absolute atomic E-state index is 0.00305. The molecule has 2 amide bonds. The Bertz CT molecular complexity index is 1400. The lowest BCUT2D eigenvalue weighted by molar-refractivity contribution is -0.248. The summed E-state index contributed by atoms with van der Waals surface area (Å²) in [6, 6.07) is 15.2. The summed E-state index contributed by atoms with van der Waals surface area (Å²) in [7, 11) is 0. The number of hydroxylamine groups is 2. The molecule has 0 saturated carbocycles. The number of amides is 2. The maximum atomic E-state index is 13.2. The van der Waals surface area contributed by atoms with E-state index < -0.39 is 36.0 Å². The first-order valence-electron chi connectivity index (χ1n) is 13.1. The van der Waals surface area contributed by atoms with Crippen LogP contribution in [0.25, 0.3) is 10.6 Å². The highest BCUT2D eigenvalue weighted by Crippen LogP contribution is 2.27. The van der Waals surface area contributed by atoms with E-state index in [-0.39, 0.29) is 18.1 Å². The molecular weight excluding hydrogens is 639 g/mol. The number of alkyl halides is 3. The van der Waals surface area contributed by atoms with Crippen LogP contribution in [-0.2, 0) is 25.6 Å². The number of nitrogens with one attached hydrogen (secondary N) is 2. The smallest absolute Gasteiger partial charge is 0.360 e. The number of nitrogens with zero attached hydrogens (tertiary/aromatic N) is 3. The minimum Gasteiger partial charge on any atom is -0.360 e. The number of rotatable bonds is 10. The van der Waals surface area contributed by atoms with E-state index in [1.165, 1.54) is 23.5 Å². The molecule has 0 unspecified atom stereocenters. The molecule has 2 heterocycles. The molecule has 1 fully saturated rings. The van der Waals surface area contributed by atoms with Crippen LogP contribution in [0, 0.1) is 0 Å². The predicted octanol–water partition coefficient (Wildman–Crippen LogP) is 5.45. The summed E-state index contributed by atoms with van der Waals surface area (Å²) < 4.78 is 39.3. The largest absolute Gasteiger partial charge is 0.492 e. The van der Waals surface area contributed by atoms with E-state index in [1.54, 1.807) is 0 Å². The molecule has 2 N–H and O–H groups in total. The van der Waals surface area contributed by atoms with Crippen LogP contribution >= 0.6 is 27.3 Å². The maximum Gasteiger partial charge on any atom is 0.492 e. The van der Waals surface area contributed by atoms with Gasteiger partial charge in [-0.3, -0.25) is 14.9 Å². The number of piperidine rings is 1. The third kappa shape index (κ3) is 9.19. The standard InChI is InChI=1S/C28H27BrF3N5O4S/c29-20-12-10-19(11-13-20)25-35-36-27(42-25)34-23(38)16-15-21(14-9-18-6-2-1-3-7-18)33-24(39)22-8-4-5-17-37(22)41-26(40)28(30,31)32/h1-3,6-7,10-13,15-16,21-22H,4-5,8-9,14,17H2,(H,33,39)(H,34,36,38)/b16-15+/t21-,22-/m0/s1. The molecular formula is C28H27BrF3N5O4S. The topological polar surface area (TPSA) is 114 Å². The van der Waals surface area contributed by atoms with Gasteiger partial charge in [-0.15, -0.1) is 15.3 Å². The van der Waals surface area contributed by atoms with Crippen LogP contribution in [-0.4, -0.2) is 57.8 Å². The van der Waals surface area contributed by atoms with E-state index >= 15 is 0 Å². The highest BCUT2D eigenvalue weighted by molar-refractivity contribution is 9.10. The normalized spacial score (nSPS) is 16.6. The van der Waals surface area contributed by atoms with Crippen molar-refractivity contribution in [1.82, 2.24) is 20.6 Å².